The normalized spacial score (nSPS) is 22.6. The maximum absolute atomic E-state index is 11.3. The third kappa shape index (κ3) is 2.92. The average Bonchev–Trinajstić information content (AvgIpc) is 2.87. The highest BCUT2D eigenvalue weighted by Gasteiger charge is 2.31. The Morgan fingerprint density at radius 1 is 1.22 bits per heavy atom. The third-order valence-corrected chi connectivity index (χ3v) is 2.94. The number of benzene rings is 1. The van der Waals surface area contributed by atoms with Gasteiger partial charge in [-0.1, -0.05) is 0 Å². The van der Waals surface area contributed by atoms with Crippen molar-refractivity contribution in [2.45, 2.75) is 18.6 Å². The van der Waals surface area contributed by atoms with Crippen molar-refractivity contribution in [3.8, 4) is 11.5 Å². The predicted octanol–water partition coefficient (Wildman–Crippen LogP) is 0.977. The van der Waals surface area contributed by atoms with Crippen LogP contribution in [0.15, 0.2) is 24.3 Å². The molecule has 0 aromatic heterocycles. The first-order chi connectivity index (χ1) is 8.72. The van der Waals surface area contributed by atoms with Crippen LogP contribution < -0.4 is 14.8 Å². The summed E-state index contributed by atoms with van der Waals surface area (Å²) in [6.45, 7) is 0.645. The molecule has 0 saturated carbocycles. The van der Waals surface area contributed by atoms with Crippen LogP contribution in [0.25, 0.3) is 0 Å². The molecule has 1 heterocycles. The molecule has 1 saturated heterocycles. The lowest BCUT2D eigenvalue weighted by molar-refractivity contribution is -0.142. The van der Waals surface area contributed by atoms with Crippen LogP contribution in [0.2, 0.25) is 0 Å². The van der Waals surface area contributed by atoms with E-state index in [9.17, 15) is 4.79 Å². The zero-order chi connectivity index (χ0) is 13.0. The van der Waals surface area contributed by atoms with Crippen molar-refractivity contribution in [3.63, 3.8) is 0 Å². The van der Waals surface area contributed by atoms with Gasteiger partial charge in [0, 0.05) is 13.0 Å². The average molecular weight is 251 g/mol. The van der Waals surface area contributed by atoms with E-state index in [1.807, 2.05) is 24.3 Å². The second-order valence-corrected chi connectivity index (χ2v) is 4.14. The Hall–Kier alpha value is -1.75. The number of carbonyl (C=O) groups is 1. The molecule has 0 unspecified atom stereocenters. The summed E-state index contributed by atoms with van der Waals surface area (Å²) in [4.78, 5) is 11.3. The highest BCUT2D eigenvalue weighted by atomic mass is 16.5. The van der Waals surface area contributed by atoms with Crippen molar-refractivity contribution in [3.05, 3.63) is 24.3 Å². The fourth-order valence-electron chi connectivity index (χ4n) is 1.96. The maximum atomic E-state index is 11.3. The Labute approximate surface area is 106 Å². The summed E-state index contributed by atoms with van der Waals surface area (Å²) in [6, 6.07) is 7.12. The van der Waals surface area contributed by atoms with Crippen molar-refractivity contribution in [2.75, 3.05) is 20.8 Å². The van der Waals surface area contributed by atoms with Gasteiger partial charge in [-0.05, 0) is 24.3 Å². The number of esters is 1. The highest BCUT2D eigenvalue weighted by Crippen LogP contribution is 2.21. The van der Waals surface area contributed by atoms with Gasteiger partial charge in [0.05, 0.1) is 14.2 Å². The van der Waals surface area contributed by atoms with Gasteiger partial charge in [-0.25, -0.2) is 0 Å². The quantitative estimate of drug-likeness (QED) is 0.808. The smallest absolute Gasteiger partial charge is 0.323 e. The Bertz CT molecular complexity index is 404. The first kappa shape index (κ1) is 12.7. The van der Waals surface area contributed by atoms with Crippen LogP contribution in [0.4, 0.5) is 0 Å². The molecule has 18 heavy (non-hydrogen) atoms. The van der Waals surface area contributed by atoms with E-state index < -0.39 is 0 Å². The Kier molecular flexibility index (Phi) is 4.04. The van der Waals surface area contributed by atoms with Crippen LogP contribution in [0.5, 0.6) is 11.5 Å². The molecule has 1 aliphatic heterocycles. The van der Waals surface area contributed by atoms with E-state index in [1.165, 1.54) is 7.11 Å². The second kappa shape index (κ2) is 5.73. The standard InChI is InChI=1S/C13H17NO4/c1-16-9-3-5-10(6-4-9)18-11-7-12(14-8-11)13(15)17-2/h3-6,11-12,14H,7-8H2,1-2H3/t11-,12-/m0/s1. The van der Waals surface area contributed by atoms with Gasteiger partial charge in [-0.2, -0.15) is 0 Å². The largest absolute Gasteiger partial charge is 0.497 e. The molecule has 0 aliphatic carbocycles. The summed E-state index contributed by atoms with van der Waals surface area (Å²) in [7, 11) is 3.01. The molecule has 5 heteroatoms. The van der Waals surface area contributed by atoms with Gasteiger partial charge in [0.15, 0.2) is 0 Å². The minimum absolute atomic E-state index is 0.0116. The molecule has 1 aromatic rings. The molecular formula is C13H17NO4. The monoisotopic (exact) mass is 251 g/mol. The topological polar surface area (TPSA) is 56.8 Å². The fraction of sp³-hybridized carbons (Fsp3) is 0.462. The third-order valence-electron chi connectivity index (χ3n) is 2.94. The van der Waals surface area contributed by atoms with E-state index >= 15 is 0 Å². The van der Waals surface area contributed by atoms with Crippen molar-refractivity contribution in [1.29, 1.82) is 0 Å². The van der Waals surface area contributed by atoms with Crippen LogP contribution >= 0.6 is 0 Å². The number of methoxy groups -OCH3 is 2. The van der Waals surface area contributed by atoms with Gasteiger partial charge < -0.3 is 19.5 Å². The summed E-state index contributed by atoms with van der Waals surface area (Å²) in [5, 5.41) is 3.08. The lowest BCUT2D eigenvalue weighted by atomic mass is 10.2. The molecule has 98 valence electrons. The molecule has 1 N–H and O–H groups in total. The number of ether oxygens (including phenoxy) is 3. The van der Waals surface area contributed by atoms with Crippen molar-refractivity contribution in [1.82, 2.24) is 5.32 Å². The van der Waals surface area contributed by atoms with Crippen LogP contribution in [-0.2, 0) is 9.53 Å². The Balaban J connectivity index is 1.89. The van der Waals surface area contributed by atoms with Gasteiger partial charge in [-0.3, -0.25) is 4.79 Å². The zero-order valence-corrected chi connectivity index (χ0v) is 10.5. The van der Waals surface area contributed by atoms with Crippen molar-refractivity contribution < 1.29 is 19.0 Å². The van der Waals surface area contributed by atoms with E-state index in [4.69, 9.17) is 9.47 Å². The number of hydrogen-bond donors (Lipinski definition) is 1. The molecule has 0 bridgehead atoms. The predicted molar refractivity (Wildman–Crippen MR) is 65.8 cm³/mol. The SMILES string of the molecule is COC(=O)[C@@H]1C[C@H](Oc2ccc(OC)cc2)CN1. The molecule has 2 atom stereocenters. The van der Waals surface area contributed by atoms with E-state index in [-0.39, 0.29) is 18.1 Å². The zero-order valence-electron chi connectivity index (χ0n) is 10.5. The number of carbonyl (C=O) groups excluding carboxylic acids is 1. The number of nitrogens with one attached hydrogen (secondary N) is 1. The number of rotatable bonds is 4. The Morgan fingerprint density at radius 3 is 2.50 bits per heavy atom. The molecule has 0 radical (unpaired) electrons. The molecular weight excluding hydrogens is 234 g/mol. The molecule has 2 rings (SSSR count). The fourth-order valence-corrected chi connectivity index (χ4v) is 1.96. The summed E-state index contributed by atoms with van der Waals surface area (Å²) in [5.41, 5.74) is 0. The van der Waals surface area contributed by atoms with Crippen LogP contribution in [0.3, 0.4) is 0 Å². The molecule has 5 nitrogen and oxygen atoms in total. The summed E-state index contributed by atoms with van der Waals surface area (Å²) >= 11 is 0. The maximum Gasteiger partial charge on any atom is 0.323 e. The molecule has 0 amide bonds. The van der Waals surface area contributed by atoms with Gasteiger partial charge >= 0.3 is 5.97 Å². The lowest BCUT2D eigenvalue weighted by Gasteiger charge is -2.13. The first-order valence-corrected chi connectivity index (χ1v) is 5.85. The van der Waals surface area contributed by atoms with Crippen LogP contribution in [0, 0.1) is 0 Å². The summed E-state index contributed by atoms with van der Waals surface area (Å²) in [5.74, 6) is 1.32. The summed E-state index contributed by atoms with van der Waals surface area (Å²) in [6.07, 6.45) is 0.612. The van der Waals surface area contributed by atoms with Gasteiger partial charge in [-0.15, -0.1) is 0 Å². The highest BCUT2D eigenvalue weighted by molar-refractivity contribution is 5.76. The van der Waals surface area contributed by atoms with Gasteiger partial charge in [0.25, 0.3) is 0 Å². The van der Waals surface area contributed by atoms with Gasteiger partial charge in [0.2, 0.25) is 0 Å². The molecule has 1 aliphatic rings. The van der Waals surface area contributed by atoms with E-state index in [0.29, 0.717) is 13.0 Å². The lowest BCUT2D eigenvalue weighted by Crippen LogP contribution is -2.31. The molecule has 0 spiro atoms. The second-order valence-electron chi connectivity index (χ2n) is 4.14. The summed E-state index contributed by atoms with van der Waals surface area (Å²) < 4.78 is 15.5. The first-order valence-electron chi connectivity index (χ1n) is 5.85. The minimum atomic E-state index is -0.266. The van der Waals surface area contributed by atoms with E-state index in [2.05, 4.69) is 10.1 Å². The van der Waals surface area contributed by atoms with Crippen molar-refractivity contribution in [2.24, 2.45) is 0 Å². The van der Waals surface area contributed by atoms with Crippen LogP contribution in [0.1, 0.15) is 6.42 Å². The molecule has 1 aromatic carbocycles. The van der Waals surface area contributed by atoms with Crippen LogP contribution in [-0.4, -0.2) is 38.9 Å². The van der Waals surface area contributed by atoms with Gasteiger partial charge in [0.1, 0.15) is 23.6 Å². The number of hydrogen-bond acceptors (Lipinski definition) is 5. The molecule has 1 fully saturated rings. The minimum Gasteiger partial charge on any atom is -0.497 e. The van der Waals surface area contributed by atoms with Crippen molar-refractivity contribution >= 4 is 5.97 Å². The van der Waals surface area contributed by atoms with E-state index in [1.54, 1.807) is 7.11 Å². The van der Waals surface area contributed by atoms with E-state index in [0.717, 1.165) is 11.5 Å². The Morgan fingerprint density at radius 2 is 1.89 bits per heavy atom.